The van der Waals surface area contributed by atoms with Gasteiger partial charge in [-0.15, -0.1) is 0 Å². The summed E-state index contributed by atoms with van der Waals surface area (Å²) in [6, 6.07) is 2.95. The first-order valence-corrected chi connectivity index (χ1v) is 5.46. The second-order valence-electron chi connectivity index (χ2n) is 4.12. The van der Waals surface area contributed by atoms with Gasteiger partial charge in [-0.05, 0) is 31.8 Å². The van der Waals surface area contributed by atoms with Gasteiger partial charge in [0.25, 0.3) is 0 Å². The van der Waals surface area contributed by atoms with Crippen molar-refractivity contribution in [1.29, 1.82) is 0 Å². The Bertz CT molecular complexity index is 427. The average molecular weight is 258 g/mol. The van der Waals surface area contributed by atoms with Crippen LogP contribution in [0.25, 0.3) is 0 Å². The lowest BCUT2D eigenvalue weighted by Crippen LogP contribution is -2.43. The molecule has 4 nitrogen and oxygen atoms in total. The van der Waals surface area contributed by atoms with Crippen LogP contribution in [0.5, 0.6) is 0 Å². The molecule has 0 aliphatic heterocycles. The van der Waals surface area contributed by atoms with Crippen LogP contribution in [0.15, 0.2) is 18.2 Å². The number of aliphatic carboxylic acids is 1. The number of likely N-dealkylation sites (N-methyl/N-ethyl adjacent to an activating group) is 2. The number of halogens is 2. The van der Waals surface area contributed by atoms with Crippen LogP contribution in [0.1, 0.15) is 5.56 Å². The molecule has 0 spiro atoms. The summed E-state index contributed by atoms with van der Waals surface area (Å²) >= 11 is 0. The minimum atomic E-state index is -0.949. The van der Waals surface area contributed by atoms with E-state index in [1.807, 2.05) is 0 Å². The molecule has 0 heterocycles. The van der Waals surface area contributed by atoms with E-state index in [-0.39, 0.29) is 6.54 Å². The van der Waals surface area contributed by atoms with E-state index < -0.39 is 23.6 Å². The first-order valence-electron chi connectivity index (χ1n) is 5.46. The average Bonchev–Trinajstić information content (AvgIpc) is 2.30. The van der Waals surface area contributed by atoms with Gasteiger partial charge in [-0.3, -0.25) is 9.69 Å². The summed E-state index contributed by atoms with van der Waals surface area (Å²) in [7, 11) is 3.28. The first kappa shape index (κ1) is 14.5. The highest BCUT2D eigenvalue weighted by Gasteiger charge is 2.17. The zero-order valence-corrected chi connectivity index (χ0v) is 10.3. The second-order valence-corrected chi connectivity index (χ2v) is 4.12. The van der Waals surface area contributed by atoms with Crippen LogP contribution in [0.4, 0.5) is 8.78 Å². The molecule has 0 aliphatic rings. The van der Waals surface area contributed by atoms with Gasteiger partial charge in [0.1, 0.15) is 6.04 Å². The van der Waals surface area contributed by atoms with Crippen molar-refractivity contribution in [2.75, 3.05) is 20.6 Å². The second kappa shape index (κ2) is 6.42. The van der Waals surface area contributed by atoms with E-state index >= 15 is 0 Å². The molecule has 2 N–H and O–H groups in total. The smallest absolute Gasteiger partial charge is 0.322 e. The summed E-state index contributed by atoms with van der Waals surface area (Å²) in [6.07, 6.45) is 0. The molecule has 1 rings (SSSR count). The number of hydrogen-bond acceptors (Lipinski definition) is 3. The Balaban J connectivity index is 2.61. The Labute approximate surface area is 104 Å². The SMILES string of the molecule is CNC(CN(C)Cc1ccc(F)c(F)c1)C(=O)O. The molecule has 0 fully saturated rings. The zero-order chi connectivity index (χ0) is 13.7. The summed E-state index contributed by atoms with van der Waals surface area (Å²) in [6.45, 7) is 0.619. The van der Waals surface area contributed by atoms with E-state index in [1.54, 1.807) is 19.0 Å². The lowest BCUT2D eigenvalue weighted by molar-refractivity contribution is -0.139. The molecular weight excluding hydrogens is 242 g/mol. The lowest BCUT2D eigenvalue weighted by Gasteiger charge is -2.21. The van der Waals surface area contributed by atoms with Crippen molar-refractivity contribution in [3.05, 3.63) is 35.4 Å². The normalized spacial score (nSPS) is 12.7. The number of nitrogens with one attached hydrogen (secondary N) is 1. The van der Waals surface area contributed by atoms with Crippen LogP contribution < -0.4 is 5.32 Å². The van der Waals surface area contributed by atoms with E-state index in [0.29, 0.717) is 12.1 Å². The summed E-state index contributed by atoms with van der Waals surface area (Å²) in [5.41, 5.74) is 0.594. The van der Waals surface area contributed by atoms with Gasteiger partial charge in [0.05, 0.1) is 0 Å². The summed E-state index contributed by atoms with van der Waals surface area (Å²) in [4.78, 5) is 12.5. The molecule has 18 heavy (non-hydrogen) atoms. The van der Waals surface area contributed by atoms with E-state index in [0.717, 1.165) is 12.1 Å². The molecule has 1 aromatic rings. The van der Waals surface area contributed by atoms with Crippen molar-refractivity contribution >= 4 is 5.97 Å². The van der Waals surface area contributed by atoms with Crippen LogP contribution in [-0.4, -0.2) is 42.7 Å². The van der Waals surface area contributed by atoms with Gasteiger partial charge in [-0.25, -0.2) is 8.78 Å². The number of nitrogens with zero attached hydrogens (tertiary/aromatic N) is 1. The molecule has 6 heteroatoms. The molecule has 0 aromatic heterocycles. The largest absolute Gasteiger partial charge is 0.480 e. The van der Waals surface area contributed by atoms with Gasteiger partial charge in [-0.2, -0.15) is 0 Å². The van der Waals surface area contributed by atoms with E-state index in [9.17, 15) is 13.6 Å². The van der Waals surface area contributed by atoms with E-state index in [2.05, 4.69) is 5.32 Å². The number of carboxylic acids is 1. The summed E-state index contributed by atoms with van der Waals surface area (Å²) in [5, 5.41) is 11.5. The molecule has 1 unspecified atom stereocenters. The number of carbonyl (C=O) groups is 1. The third-order valence-corrected chi connectivity index (χ3v) is 2.58. The number of carboxylic acid groups (broad SMARTS) is 1. The van der Waals surface area contributed by atoms with Crippen LogP contribution in [0, 0.1) is 11.6 Å². The van der Waals surface area contributed by atoms with Crippen LogP contribution >= 0.6 is 0 Å². The fourth-order valence-electron chi connectivity index (χ4n) is 1.62. The van der Waals surface area contributed by atoms with Crippen molar-refractivity contribution in [3.8, 4) is 0 Å². The van der Waals surface area contributed by atoms with Gasteiger partial charge in [0, 0.05) is 13.1 Å². The molecule has 100 valence electrons. The topological polar surface area (TPSA) is 52.6 Å². The maximum atomic E-state index is 13.0. The molecule has 1 atom stereocenters. The number of benzene rings is 1. The zero-order valence-electron chi connectivity index (χ0n) is 10.3. The van der Waals surface area contributed by atoms with Crippen molar-refractivity contribution in [2.24, 2.45) is 0 Å². The Morgan fingerprint density at radius 1 is 1.44 bits per heavy atom. The van der Waals surface area contributed by atoms with Crippen LogP contribution in [-0.2, 0) is 11.3 Å². The highest BCUT2D eigenvalue weighted by atomic mass is 19.2. The van der Waals surface area contributed by atoms with E-state index in [1.165, 1.54) is 6.07 Å². The monoisotopic (exact) mass is 258 g/mol. The Hall–Kier alpha value is -1.53. The number of rotatable bonds is 6. The highest BCUT2D eigenvalue weighted by molar-refractivity contribution is 5.73. The molecule has 0 saturated heterocycles. The fraction of sp³-hybridized carbons (Fsp3) is 0.417. The Morgan fingerprint density at radius 3 is 2.61 bits per heavy atom. The van der Waals surface area contributed by atoms with Crippen molar-refractivity contribution in [3.63, 3.8) is 0 Å². The Kier molecular flexibility index (Phi) is 5.18. The van der Waals surface area contributed by atoms with Gasteiger partial charge >= 0.3 is 5.97 Å². The standard InChI is InChI=1S/C12H16F2N2O2/c1-15-11(12(17)18)7-16(2)6-8-3-4-9(13)10(14)5-8/h3-5,11,15H,6-7H2,1-2H3,(H,17,18). The maximum Gasteiger partial charge on any atom is 0.322 e. The molecular formula is C12H16F2N2O2. The quantitative estimate of drug-likeness (QED) is 0.801. The van der Waals surface area contributed by atoms with Gasteiger partial charge < -0.3 is 10.4 Å². The summed E-state index contributed by atoms with van der Waals surface area (Å²) in [5.74, 6) is -2.74. The first-order chi connectivity index (χ1) is 8.43. The predicted molar refractivity (Wildman–Crippen MR) is 63.2 cm³/mol. The number of hydrogen-bond donors (Lipinski definition) is 2. The van der Waals surface area contributed by atoms with Gasteiger partial charge in [-0.1, -0.05) is 6.07 Å². The van der Waals surface area contributed by atoms with Gasteiger partial charge in [0.2, 0.25) is 0 Å². The molecule has 0 saturated carbocycles. The third kappa shape index (κ3) is 4.05. The Morgan fingerprint density at radius 2 is 2.11 bits per heavy atom. The minimum absolute atomic E-state index is 0.269. The third-order valence-electron chi connectivity index (χ3n) is 2.58. The van der Waals surface area contributed by atoms with Crippen molar-refractivity contribution in [1.82, 2.24) is 10.2 Å². The molecule has 0 aliphatic carbocycles. The molecule has 1 aromatic carbocycles. The van der Waals surface area contributed by atoms with Crippen molar-refractivity contribution < 1.29 is 18.7 Å². The fourth-order valence-corrected chi connectivity index (χ4v) is 1.62. The molecule has 0 amide bonds. The predicted octanol–water partition coefficient (Wildman–Crippen LogP) is 1.07. The minimum Gasteiger partial charge on any atom is -0.480 e. The molecule has 0 radical (unpaired) electrons. The molecule has 0 bridgehead atoms. The van der Waals surface area contributed by atoms with Crippen molar-refractivity contribution in [2.45, 2.75) is 12.6 Å². The van der Waals surface area contributed by atoms with E-state index in [4.69, 9.17) is 5.11 Å². The van der Waals surface area contributed by atoms with Crippen LogP contribution in [0.3, 0.4) is 0 Å². The lowest BCUT2D eigenvalue weighted by atomic mass is 10.2. The summed E-state index contributed by atoms with van der Waals surface area (Å²) < 4.78 is 25.7. The van der Waals surface area contributed by atoms with Gasteiger partial charge in [0.15, 0.2) is 11.6 Å². The highest BCUT2D eigenvalue weighted by Crippen LogP contribution is 2.10. The van der Waals surface area contributed by atoms with Crippen LogP contribution in [0.2, 0.25) is 0 Å². The maximum absolute atomic E-state index is 13.0.